The number of ether oxygens (including phenoxy) is 1. The number of aliphatic hydroxyl groups is 1. The van der Waals surface area contributed by atoms with Crippen molar-refractivity contribution >= 4 is 15.9 Å². The minimum Gasteiger partial charge on any atom is -0.388 e. The van der Waals surface area contributed by atoms with Crippen molar-refractivity contribution in [2.24, 2.45) is 5.41 Å². The molecule has 0 unspecified atom stereocenters. The van der Waals surface area contributed by atoms with E-state index in [1.165, 1.54) is 25.7 Å². The number of halogens is 1. The number of alkyl halides is 1. The van der Waals surface area contributed by atoms with Gasteiger partial charge in [-0.05, 0) is 25.3 Å². The van der Waals surface area contributed by atoms with Crippen LogP contribution in [-0.2, 0) is 4.74 Å². The van der Waals surface area contributed by atoms with E-state index in [-0.39, 0.29) is 0 Å². The first kappa shape index (κ1) is 18.4. The molecule has 0 amide bonds. The summed E-state index contributed by atoms with van der Waals surface area (Å²) in [4.78, 5) is 2.33. The molecular weight excluding hydrogens is 318 g/mol. The van der Waals surface area contributed by atoms with Gasteiger partial charge in [-0.2, -0.15) is 0 Å². The van der Waals surface area contributed by atoms with Crippen LogP contribution in [0.1, 0.15) is 52.4 Å². The molecule has 1 rings (SSSR count). The van der Waals surface area contributed by atoms with Gasteiger partial charge in [-0.25, -0.2) is 0 Å². The maximum absolute atomic E-state index is 10.6. The van der Waals surface area contributed by atoms with Crippen molar-refractivity contribution in [2.75, 3.05) is 38.7 Å². The Morgan fingerprint density at radius 1 is 1.20 bits per heavy atom. The normalized spacial score (nSPS) is 19.5. The summed E-state index contributed by atoms with van der Waals surface area (Å²) in [5.74, 6) is 0. The van der Waals surface area contributed by atoms with E-state index in [0.29, 0.717) is 18.6 Å². The molecule has 0 radical (unpaired) electrons. The van der Waals surface area contributed by atoms with Crippen LogP contribution in [-0.4, -0.2) is 54.3 Å². The van der Waals surface area contributed by atoms with Gasteiger partial charge in [0.2, 0.25) is 0 Å². The maximum Gasteiger partial charge on any atom is 0.0817 e. The molecule has 1 heterocycles. The first-order chi connectivity index (χ1) is 9.49. The average molecular weight is 350 g/mol. The first-order valence-corrected chi connectivity index (χ1v) is 9.16. The van der Waals surface area contributed by atoms with Crippen LogP contribution in [0.3, 0.4) is 0 Å². The number of nitrogens with zero attached hydrogens (tertiary/aromatic N) is 1. The minimum atomic E-state index is -0.552. The van der Waals surface area contributed by atoms with Crippen molar-refractivity contribution in [1.29, 1.82) is 0 Å². The van der Waals surface area contributed by atoms with Gasteiger partial charge in [-0.1, -0.05) is 42.6 Å². The third-order valence-electron chi connectivity index (χ3n) is 4.44. The second kappa shape index (κ2) is 8.72. The van der Waals surface area contributed by atoms with Crippen LogP contribution in [0.2, 0.25) is 0 Å². The lowest BCUT2D eigenvalue weighted by atomic mass is 9.80. The van der Waals surface area contributed by atoms with Crippen LogP contribution >= 0.6 is 15.9 Å². The summed E-state index contributed by atoms with van der Waals surface area (Å²) in [6.45, 7) is 7.73. The van der Waals surface area contributed by atoms with Crippen LogP contribution in [0.4, 0.5) is 0 Å². The second-order valence-electron chi connectivity index (χ2n) is 6.64. The highest BCUT2D eigenvalue weighted by molar-refractivity contribution is 9.09. The summed E-state index contributed by atoms with van der Waals surface area (Å²) in [6, 6.07) is 0. The third-order valence-corrected chi connectivity index (χ3v) is 5.63. The highest BCUT2D eigenvalue weighted by Crippen LogP contribution is 2.33. The Kier molecular flexibility index (Phi) is 8.02. The van der Waals surface area contributed by atoms with Gasteiger partial charge in [0, 0.05) is 44.5 Å². The van der Waals surface area contributed by atoms with Gasteiger partial charge < -0.3 is 14.7 Å². The van der Waals surface area contributed by atoms with Crippen molar-refractivity contribution < 1.29 is 9.84 Å². The van der Waals surface area contributed by atoms with E-state index in [1.807, 2.05) is 0 Å². The number of likely N-dealkylation sites (N-methyl/N-ethyl adjacent to an activating group) is 1. The summed E-state index contributed by atoms with van der Waals surface area (Å²) in [7, 11) is 2.15. The molecule has 0 aliphatic carbocycles. The molecule has 120 valence electrons. The van der Waals surface area contributed by atoms with Crippen LogP contribution in [0.25, 0.3) is 0 Å². The van der Waals surface area contributed by atoms with Gasteiger partial charge in [-0.3, -0.25) is 0 Å². The zero-order valence-corrected chi connectivity index (χ0v) is 15.0. The molecule has 1 aliphatic rings. The Hall–Kier alpha value is 0.360. The standard InChI is InChI=1S/C16H32BrNO2/c1-4-6-15(12-17,7-5-2)13-18(3)14-16(19)8-10-20-11-9-16/h19H,4-14H2,1-3H3. The van der Waals surface area contributed by atoms with E-state index < -0.39 is 5.60 Å². The summed E-state index contributed by atoms with van der Waals surface area (Å²) in [6.07, 6.45) is 6.46. The third kappa shape index (κ3) is 5.63. The molecule has 4 heteroatoms. The Morgan fingerprint density at radius 3 is 2.20 bits per heavy atom. The Bertz CT molecular complexity index is 261. The van der Waals surface area contributed by atoms with Crippen molar-refractivity contribution in [3.05, 3.63) is 0 Å². The van der Waals surface area contributed by atoms with E-state index in [9.17, 15) is 5.11 Å². The van der Waals surface area contributed by atoms with Crippen molar-refractivity contribution in [2.45, 2.75) is 58.0 Å². The summed E-state index contributed by atoms with van der Waals surface area (Å²) < 4.78 is 5.36. The molecule has 1 saturated heterocycles. The van der Waals surface area contributed by atoms with Crippen LogP contribution in [0.5, 0.6) is 0 Å². The number of hydrogen-bond acceptors (Lipinski definition) is 3. The van der Waals surface area contributed by atoms with Crippen LogP contribution in [0.15, 0.2) is 0 Å². The number of hydrogen-bond donors (Lipinski definition) is 1. The smallest absolute Gasteiger partial charge is 0.0817 e. The van der Waals surface area contributed by atoms with Gasteiger partial charge in [0.25, 0.3) is 0 Å². The maximum atomic E-state index is 10.6. The fourth-order valence-electron chi connectivity index (χ4n) is 3.56. The van der Waals surface area contributed by atoms with E-state index >= 15 is 0 Å². The zero-order valence-electron chi connectivity index (χ0n) is 13.5. The van der Waals surface area contributed by atoms with Crippen LogP contribution < -0.4 is 0 Å². The molecule has 1 fully saturated rings. The Balaban J connectivity index is 2.58. The Labute approximate surface area is 133 Å². The van der Waals surface area contributed by atoms with Crippen molar-refractivity contribution in [1.82, 2.24) is 4.90 Å². The predicted octanol–water partition coefficient (Wildman–Crippen LogP) is 3.44. The Morgan fingerprint density at radius 2 is 1.75 bits per heavy atom. The van der Waals surface area contributed by atoms with E-state index in [2.05, 4.69) is 41.7 Å². The minimum absolute atomic E-state index is 0.347. The molecule has 0 atom stereocenters. The highest BCUT2D eigenvalue weighted by atomic mass is 79.9. The molecule has 3 nitrogen and oxygen atoms in total. The van der Waals surface area contributed by atoms with E-state index in [4.69, 9.17) is 4.74 Å². The first-order valence-electron chi connectivity index (χ1n) is 8.04. The molecule has 1 N–H and O–H groups in total. The SMILES string of the molecule is CCCC(CBr)(CCC)CN(C)CC1(O)CCOCC1. The van der Waals surface area contributed by atoms with Crippen molar-refractivity contribution in [3.8, 4) is 0 Å². The van der Waals surface area contributed by atoms with E-state index in [1.54, 1.807) is 0 Å². The van der Waals surface area contributed by atoms with Gasteiger partial charge in [-0.15, -0.1) is 0 Å². The highest BCUT2D eigenvalue weighted by Gasteiger charge is 2.34. The molecule has 0 bridgehead atoms. The molecule has 0 aromatic heterocycles. The molecule has 20 heavy (non-hydrogen) atoms. The van der Waals surface area contributed by atoms with Gasteiger partial charge in [0.05, 0.1) is 5.60 Å². The molecule has 0 saturated carbocycles. The van der Waals surface area contributed by atoms with Gasteiger partial charge >= 0.3 is 0 Å². The zero-order chi connectivity index (χ0) is 15.1. The second-order valence-corrected chi connectivity index (χ2v) is 7.20. The average Bonchev–Trinajstić information content (AvgIpc) is 2.39. The fourth-order valence-corrected chi connectivity index (χ4v) is 4.30. The lowest BCUT2D eigenvalue weighted by molar-refractivity contribution is -0.0802. The summed E-state index contributed by atoms with van der Waals surface area (Å²) in [5.41, 5.74) is -0.205. The summed E-state index contributed by atoms with van der Waals surface area (Å²) >= 11 is 3.73. The lowest BCUT2D eigenvalue weighted by Gasteiger charge is -2.40. The summed E-state index contributed by atoms with van der Waals surface area (Å²) in [5, 5.41) is 11.7. The predicted molar refractivity (Wildman–Crippen MR) is 88.5 cm³/mol. The fraction of sp³-hybridized carbons (Fsp3) is 1.00. The van der Waals surface area contributed by atoms with Gasteiger partial charge in [0.15, 0.2) is 0 Å². The molecular formula is C16H32BrNO2. The molecule has 0 aromatic carbocycles. The van der Waals surface area contributed by atoms with Crippen LogP contribution in [0, 0.1) is 5.41 Å². The molecule has 1 aliphatic heterocycles. The van der Waals surface area contributed by atoms with E-state index in [0.717, 1.165) is 31.3 Å². The lowest BCUT2D eigenvalue weighted by Crippen LogP contribution is -2.48. The molecule has 0 spiro atoms. The van der Waals surface area contributed by atoms with Crippen molar-refractivity contribution in [3.63, 3.8) is 0 Å². The number of rotatable bonds is 9. The molecule has 0 aromatic rings. The van der Waals surface area contributed by atoms with Gasteiger partial charge in [0.1, 0.15) is 0 Å². The topological polar surface area (TPSA) is 32.7 Å². The quantitative estimate of drug-likeness (QED) is 0.647. The monoisotopic (exact) mass is 349 g/mol. The largest absolute Gasteiger partial charge is 0.388 e.